The fourth-order valence-electron chi connectivity index (χ4n) is 5.48. The van der Waals surface area contributed by atoms with Crippen LogP contribution in [-0.2, 0) is 0 Å². The Morgan fingerprint density at radius 1 is 0.419 bits per heavy atom. The molecule has 0 fully saturated rings. The zero-order chi connectivity index (χ0) is 28.6. The summed E-state index contributed by atoms with van der Waals surface area (Å²) in [4.78, 5) is 17.5. The average molecular weight is 571 g/mol. The quantitative estimate of drug-likeness (QED) is 0.160. The maximum absolute atomic E-state index is 5.05. The Balaban J connectivity index is 1.27. The van der Waals surface area contributed by atoms with Gasteiger partial charge in [0, 0.05) is 27.1 Å². The lowest BCUT2D eigenvalue weighted by Crippen LogP contribution is -2.07. The van der Waals surface area contributed by atoms with E-state index in [1.807, 2.05) is 36.4 Å². The molecule has 5 heteroatoms. The van der Waals surface area contributed by atoms with E-state index in [1.54, 1.807) is 0 Å². The standard InChI is InChI=1S/C38H26N4S/c1-4-11-25(12-5-1)29-17-10-18-30(23-29)36-40-35(27-13-6-2-7-14-27)41-37(42-36)31-20-19-26-21-22-33-34(32(26)24-31)43-38(39-33)28-15-8-3-9-16-28/h1-24,39,43H. The van der Waals surface area contributed by atoms with Gasteiger partial charge >= 0.3 is 0 Å². The van der Waals surface area contributed by atoms with Gasteiger partial charge in [-0.2, -0.15) is 0 Å². The molecule has 0 saturated carbocycles. The number of nitrogens with one attached hydrogen (secondary N) is 1. The first-order chi connectivity index (χ1) is 21.3. The van der Waals surface area contributed by atoms with Crippen molar-refractivity contribution in [2.45, 2.75) is 4.90 Å². The summed E-state index contributed by atoms with van der Waals surface area (Å²) >= 11 is 1.16. The predicted octanol–water partition coefficient (Wildman–Crippen LogP) is 9.12. The Morgan fingerprint density at radius 2 is 0.953 bits per heavy atom. The monoisotopic (exact) mass is 570 g/mol. The molecule has 1 aliphatic rings. The summed E-state index contributed by atoms with van der Waals surface area (Å²) in [6.45, 7) is 0. The maximum atomic E-state index is 5.05. The van der Waals surface area contributed by atoms with Crippen LogP contribution >= 0.6 is 11.4 Å². The number of rotatable bonds is 5. The lowest BCUT2D eigenvalue weighted by molar-refractivity contribution is 1.07. The number of anilines is 1. The molecule has 0 amide bonds. The number of hydrogen-bond acceptors (Lipinski definition) is 4. The van der Waals surface area contributed by atoms with Gasteiger partial charge in [-0.25, -0.2) is 15.0 Å². The van der Waals surface area contributed by atoms with Crippen molar-refractivity contribution in [1.29, 1.82) is 0 Å². The lowest BCUT2D eigenvalue weighted by atomic mass is 10.0. The summed E-state index contributed by atoms with van der Waals surface area (Å²) < 4.78 is 0. The number of hydrogen-bond donors (Lipinski definition) is 2. The van der Waals surface area contributed by atoms with E-state index in [1.165, 1.54) is 26.2 Å². The van der Waals surface area contributed by atoms with Crippen molar-refractivity contribution >= 4 is 32.8 Å². The third kappa shape index (κ3) is 4.90. The minimum absolute atomic E-state index is 0.652. The second-order valence-corrected chi connectivity index (χ2v) is 11.6. The van der Waals surface area contributed by atoms with E-state index in [0.717, 1.165) is 44.9 Å². The highest BCUT2D eigenvalue weighted by Gasteiger charge is 2.18. The zero-order valence-electron chi connectivity index (χ0n) is 23.1. The van der Waals surface area contributed by atoms with Crippen molar-refractivity contribution < 1.29 is 0 Å². The highest BCUT2D eigenvalue weighted by Crippen LogP contribution is 2.39. The molecule has 0 bridgehead atoms. The minimum atomic E-state index is 0.652. The number of nitrogens with zero attached hydrogens (tertiary/aromatic N) is 3. The third-order valence-corrected chi connectivity index (χ3v) is 8.97. The number of benzene rings is 6. The predicted molar refractivity (Wildman–Crippen MR) is 181 cm³/mol. The van der Waals surface area contributed by atoms with E-state index < -0.39 is 0 Å². The fourth-order valence-corrected chi connectivity index (χ4v) is 6.73. The first kappa shape index (κ1) is 25.3. The van der Waals surface area contributed by atoms with Crippen LogP contribution in [0.3, 0.4) is 0 Å². The van der Waals surface area contributed by atoms with Gasteiger partial charge in [0.15, 0.2) is 17.5 Å². The van der Waals surface area contributed by atoms with Crippen LogP contribution in [0, 0.1) is 0 Å². The van der Waals surface area contributed by atoms with E-state index in [0.29, 0.717) is 17.5 Å². The summed E-state index contributed by atoms with van der Waals surface area (Å²) in [6.07, 6.45) is 0. The average Bonchev–Trinajstić information content (AvgIpc) is 3.54. The molecule has 1 N–H and O–H groups in total. The first-order valence-electron chi connectivity index (χ1n) is 14.2. The molecule has 0 radical (unpaired) electrons. The smallest absolute Gasteiger partial charge is 0.164 e. The first-order valence-corrected chi connectivity index (χ1v) is 15.1. The van der Waals surface area contributed by atoms with Gasteiger partial charge in [0.25, 0.3) is 0 Å². The van der Waals surface area contributed by atoms with Crippen LogP contribution in [0.25, 0.3) is 56.1 Å². The molecule has 7 aromatic rings. The van der Waals surface area contributed by atoms with E-state index in [2.05, 4.69) is 115 Å². The Labute approximate surface area is 253 Å². The zero-order valence-corrected chi connectivity index (χ0v) is 24.0. The van der Waals surface area contributed by atoms with Gasteiger partial charge in [-0.05, 0) is 40.1 Å². The van der Waals surface area contributed by atoms with Crippen LogP contribution in [-0.4, -0.2) is 19.9 Å². The highest BCUT2D eigenvalue weighted by molar-refractivity contribution is 8.00. The molecule has 0 spiro atoms. The number of fused-ring (bicyclic) bond motifs is 3. The molecule has 0 atom stereocenters. The van der Waals surface area contributed by atoms with Crippen LogP contribution in [0.4, 0.5) is 5.69 Å². The Bertz CT molecular complexity index is 2140. The van der Waals surface area contributed by atoms with Crippen molar-refractivity contribution in [3.05, 3.63) is 151 Å². The van der Waals surface area contributed by atoms with Gasteiger partial charge in [-0.15, -0.1) is 11.4 Å². The van der Waals surface area contributed by atoms with Gasteiger partial charge < -0.3 is 5.32 Å². The van der Waals surface area contributed by atoms with Crippen molar-refractivity contribution in [2.24, 2.45) is 0 Å². The molecule has 8 rings (SSSR count). The summed E-state index contributed by atoms with van der Waals surface area (Å²) in [5.41, 5.74) is 7.50. The molecule has 1 aromatic heterocycles. The number of aromatic nitrogens is 3. The molecule has 204 valence electrons. The molecule has 1 aliphatic heterocycles. The summed E-state index contributed by atoms with van der Waals surface area (Å²) in [5.74, 6) is 1.96. The van der Waals surface area contributed by atoms with E-state index in [-0.39, 0.29) is 0 Å². The third-order valence-electron chi connectivity index (χ3n) is 7.67. The minimum Gasteiger partial charge on any atom is -0.349 e. The molecule has 43 heavy (non-hydrogen) atoms. The largest absolute Gasteiger partial charge is 0.349 e. The topological polar surface area (TPSA) is 50.7 Å². The van der Waals surface area contributed by atoms with Gasteiger partial charge in [-0.1, -0.05) is 127 Å². The van der Waals surface area contributed by atoms with Gasteiger partial charge in [0.2, 0.25) is 0 Å². The molecule has 4 nitrogen and oxygen atoms in total. The molecule has 6 aromatic carbocycles. The lowest BCUT2D eigenvalue weighted by Gasteiger charge is -2.11. The Hall–Kier alpha value is -5.39. The van der Waals surface area contributed by atoms with Crippen molar-refractivity contribution in [1.82, 2.24) is 15.0 Å². The van der Waals surface area contributed by atoms with Crippen LogP contribution in [0.15, 0.2) is 150 Å². The maximum Gasteiger partial charge on any atom is 0.164 e. The van der Waals surface area contributed by atoms with E-state index in [4.69, 9.17) is 15.0 Å². The molecule has 0 unspecified atom stereocenters. The van der Waals surface area contributed by atoms with Crippen LogP contribution in [0.1, 0.15) is 5.56 Å². The van der Waals surface area contributed by atoms with Crippen LogP contribution < -0.4 is 5.32 Å². The van der Waals surface area contributed by atoms with Gasteiger partial charge in [0.05, 0.1) is 10.7 Å². The normalized spacial score (nSPS) is 12.2. The molecule has 2 heterocycles. The van der Waals surface area contributed by atoms with Crippen LogP contribution in [0.5, 0.6) is 0 Å². The summed E-state index contributed by atoms with van der Waals surface area (Å²) in [7, 11) is 0. The fraction of sp³-hybridized carbons (Fsp3) is 0. The molecule has 0 saturated heterocycles. The van der Waals surface area contributed by atoms with Crippen LogP contribution in [0.2, 0.25) is 0 Å². The molecular weight excluding hydrogens is 545 g/mol. The molecule has 0 aliphatic carbocycles. The van der Waals surface area contributed by atoms with Crippen molar-refractivity contribution in [2.75, 3.05) is 5.32 Å². The van der Waals surface area contributed by atoms with Gasteiger partial charge in [-0.3, -0.25) is 0 Å². The SMILES string of the molecule is c1ccc(C2=[SH]c3c(ccc4ccc(-c5nc(-c6ccccc6)nc(-c6cccc(-c7ccccc7)c6)n5)cc34)N2)cc1. The number of thiol groups is 1. The summed E-state index contributed by atoms with van der Waals surface area (Å²) in [5, 5.41) is 6.04. The highest BCUT2D eigenvalue weighted by atomic mass is 32.1. The van der Waals surface area contributed by atoms with Crippen molar-refractivity contribution in [3.63, 3.8) is 0 Å². The second-order valence-electron chi connectivity index (χ2n) is 10.5. The Morgan fingerprint density at radius 3 is 1.65 bits per heavy atom. The van der Waals surface area contributed by atoms with E-state index in [9.17, 15) is 0 Å². The summed E-state index contributed by atoms with van der Waals surface area (Å²) in [6, 6.07) is 50.3. The van der Waals surface area contributed by atoms with E-state index >= 15 is 0 Å². The van der Waals surface area contributed by atoms with Crippen molar-refractivity contribution in [3.8, 4) is 45.3 Å². The Kier molecular flexibility index (Phi) is 6.35. The molecular formula is C38H26N4S. The van der Waals surface area contributed by atoms with Gasteiger partial charge in [0.1, 0.15) is 0 Å². The second kappa shape index (κ2) is 10.8.